The summed E-state index contributed by atoms with van der Waals surface area (Å²) in [6.45, 7) is 4.13. The molecule has 2 fully saturated rings. The van der Waals surface area contributed by atoms with Crippen molar-refractivity contribution in [3.8, 4) is 0 Å². The lowest BCUT2D eigenvalue weighted by atomic mass is 9.84. The molecule has 120 valence electrons. The number of urea groups is 1. The van der Waals surface area contributed by atoms with Gasteiger partial charge in [-0.25, -0.2) is 9.59 Å². The van der Waals surface area contributed by atoms with Crippen molar-refractivity contribution in [2.45, 2.75) is 83.3 Å². The van der Waals surface area contributed by atoms with Gasteiger partial charge in [-0.05, 0) is 44.9 Å². The fraction of sp³-hybridized carbons (Fsp3) is 0.875. The normalized spacial score (nSPS) is 28.4. The zero-order chi connectivity index (χ0) is 15.4. The van der Waals surface area contributed by atoms with E-state index in [2.05, 4.69) is 12.2 Å². The van der Waals surface area contributed by atoms with Crippen molar-refractivity contribution in [2.24, 2.45) is 5.92 Å². The molecule has 0 aromatic carbocycles. The molecule has 1 heterocycles. The minimum Gasteiger partial charge on any atom is -0.480 e. The summed E-state index contributed by atoms with van der Waals surface area (Å²) in [6.07, 6.45) is 8.09. The van der Waals surface area contributed by atoms with Crippen LogP contribution in [0.3, 0.4) is 0 Å². The van der Waals surface area contributed by atoms with Crippen LogP contribution in [0, 0.1) is 5.92 Å². The van der Waals surface area contributed by atoms with Crippen LogP contribution < -0.4 is 5.32 Å². The fourth-order valence-electron chi connectivity index (χ4n) is 3.89. The van der Waals surface area contributed by atoms with Gasteiger partial charge in [0.15, 0.2) is 0 Å². The van der Waals surface area contributed by atoms with E-state index < -0.39 is 12.0 Å². The van der Waals surface area contributed by atoms with E-state index in [4.69, 9.17) is 0 Å². The van der Waals surface area contributed by atoms with Crippen LogP contribution in [-0.2, 0) is 4.79 Å². The SMILES string of the molecule is CCC1CCC(C)N1C(=O)NC(C(=O)O)C1CCCCC1. The summed E-state index contributed by atoms with van der Waals surface area (Å²) in [5.41, 5.74) is 0. The van der Waals surface area contributed by atoms with Crippen molar-refractivity contribution in [2.75, 3.05) is 0 Å². The summed E-state index contributed by atoms with van der Waals surface area (Å²) in [5.74, 6) is -0.812. The molecule has 2 aliphatic rings. The second kappa shape index (κ2) is 7.14. The summed E-state index contributed by atoms with van der Waals surface area (Å²) in [5, 5.41) is 12.3. The van der Waals surface area contributed by atoms with Crippen molar-refractivity contribution in [3.63, 3.8) is 0 Å². The molecule has 0 bridgehead atoms. The Morgan fingerprint density at radius 2 is 1.86 bits per heavy atom. The molecule has 2 amide bonds. The summed E-state index contributed by atoms with van der Waals surface area (Å²) in [6, 6.07) is -0.468. The standard InChI is InChI=1S/C16H28N2O3/c1-3-13-10-9-11(2)18(13)16(21)17-14(15(19)20)12-7-5-4-6-8-12/h11-14H,3-10H2,1-2H3,(H,17,21)(H,19,20). The van der Waals surface area contributed by atoms with Gasteiger partial charge in [-0.3, -0.25) is 0 Å². The summed E-state index contributed by atoms with van der Waals surface area (Å²) in [7, 11) is 0. The molecule has 3 atom stereocenters. The second-order valence-electron chi connectivity index (χ2n) is 6.56. The van der Waals surface area contributed by atoms with Crippen LogP contribution in [-0.4, -0.2) is 40.1 Å². The van der Waals surface area contributed by atoms with E-state index in [1.165, 1.54) is 6.42 Å². The summed E-state index contributed by atoms with van der Waals surface area (Å²) < 4.78 is 0. The number of carbonyl (C=O) groups is 2. The topological polar surface area (TPSA) is 69.6 Å². The van der Waals surface area contributed by atoms with Gasteiger partial charge in [0.25, 0.3) is 0 Å². The Kier molecular flexibility index (Phi) is 5.48. The fourth-order valence-corrected chi connectivity index (χ4v) is 3.89. The molecule has 3 unspecified atom stereocenters. The largest absolute Gasteiger partial charge is 0.480 e. The number of carboxylic acid groups (broad SMARTS) is 1. The summed E-state index contributed by atoms with van der Waals surface area (Å²) >= 11 is 0. The first-order chi connectivity index (χ1) is 10.0. The first kappa shape index (κ1) is 16.1. The molecule has 0 aromatic heterocycles. The number of rotatable bonds is 4. The van der Waals surface area contributed by atoms with Crippen molar-refractivity contribution in [1.82, 2.24) is 10.2 Å². The second-order valence-corrected chi connectivity index (χ2v) is 6.56. The predicted octanol–water partition coefficient (Wildman–Crippen LogP) is 2.99. The Morgan fingerprint density at radius 1 is 1.19 bits per heavy atom. The van der Waals surface area contributed by atoms with Crippen LogP contribution in [0.1, 0.15) is 65.2 Å². The zero-order valence-electron chi connectivity index (χ0n) is 13.2. The lowest BCUT2D eigenvalue weighted by Crippen LogP contribution is -2.54. The highest BCUT2D eigenvalue weighted by Gasteiger charge is 2.37. The van der Waals surface area contributed by atoms with Crippen LogP contribution in [0.5, 0.6) is 0 Å². The molecule has 0 radical (unpaired) electrons. The van der Waals surface area contributed by atoms with Gasteiger partial charge in [-0.15, -0.1) is 0 Å². The van der Waals surface area contributed by atoms with Crippen LogP contribution in [0.15, 0.2) is 0 Å². The van der Waals surface area contributed by atoms with Gasteiger partial charge in [0.2, 0.25) is 0 Å². The Bertz CT molecular complexity index is 380. The lowest BCUT2D eigenvalue weighted by molar-refractivity contribution is -0.141. The number of nitrogens with one attached hydrogen (secondary N) is 1. The van der Waals surface area contributed by atoms with Crippen LogP contribution >= 0.6 is 0 Å². The van der Waals surface area contributed by atoms with Crippen molar-refractivity contribution in [3.05, 3.63) is 0 Å². The molecular formula is C16H28N2O3. The van der Waals surface area contributed by atoms with Gasteiger partial charge in [-0.1, -0.05) is 26.2 Å². The monoisotopic (exact) mass is 296 g/mol. The predicted molar refractivity (Wildman–Crippen MR) is 81.1 cm³/mol. The number of carboxylic acids is 1. The maximum Gasteiger partial charge on any atom is 0.326 e. The van der Waals surface area contributed by atoms with Gasteiger partial charge >= 0.3 is 12.0 Å². The van der Waals surface area contributed by atoms with Crippen molar-refractivity contribution in [1.29, 1.82) is 0 Å². The highest BCUT2D eigenvalue weighted by molar-refractivity contribution is 5.83. The number of likely N-dealkylation sites (tertiary alicyclic amines) is 1. The van der Waals surface area contributed by atoms with Crippen molar-refractivity contribution < 1.29 is 14.7 Å². The molecule has 1 aliphatic carbocycles. The molecule has 1 aliphatic heterocycles. The number of hydrogen-bond donors (Lipinski definition) is 2. The molecule has 1 saturated heterocycles. The first-order valence-corrected chi connectivity index (χ1v) is 8.36. The third kappa shape index (κ3) is 3.69. The first-order valence-electron chi connectivity index (χ1n) is 8.36. The van der Waals surface area contributed by atoms with E-state index in [0.717, 1.165) is 44.9 Å². The molecule has 5 heteroatoms. The number of hydrogen-bond acceptors (Lipinski definition) is 2. The van der Waals surface area contributed by atoms with Crippen molar-refractivity contribution >= 4 is 12.0 Å². The van der Waals surface area contributed by atoms with Crippen LogP contribution in [0.4, 0.5) is 4.79 Å². The van der Waals surface area contributed by atoms with E-state index in [0.29, 0.717) is 0 Å². The Hall–Kier alpha value is -1.26. The van der Waals surface area contributed by atoms with Gasteiger partial charge in [-0.2, -0.15) is 0 Å². The smallest absolute Gasteiger partial charge is 0.326 e. The molecule has 2 N–H and O–H groups in total. The van der Waals surface area contributed by atoms with E-state index in [-0.39, 0.29) is 24.0 Å². The van der Waals surface area contributed by atoms with Gasteiger partial charge in [0.05, 0.1) is 0 Å². The highest BCUT2D eigenvalue weighted by atomic mass is 16.4. The molecular weight excluding hydrogens is 268 g/mol. The van der Waals surface area contributed by atoms with Gasteiger partial charge < -0.3 is 15.3 Å². The summed E-state index contributed by atoms with van der Waals surface area (Å²) in [4.78, 5) is 25.9. The highest BCUT2D eigenvalue weighted by Crippen LogP contribution is 2.29. The number of aliphatic carboxylic acids is 1. The average molecular weight is 296 g/mol. The Labute approximate surface area is 127 Å². The molecule has 5 nitrogen and oxygen atoms in total. The third-order valence-corrected chi connectivity index (χ3v) is 5.16. The van der Waals surface area contributed by atoms with E-state index in [1.807, 2.05) is 11.8 Å². The van der Waals surface area contributed by atoms with Gasteiger partial charge in [0, 0.05) is 12.1 Å². The molecule has 0 spiro atoms. The Balaban J connectivity index is 2.02. The Morgan fingerprint density at radius 3 is 2.43 bits per heavy atom. The number of carbonyl (C=O) groups excluding carboxylic acids is 1. The molecule has 1 saturated carbocycles. The maximum absolute atomic E-state index is 12.5. The van der Waals surface area contributed by atoms with E-state index in [9.17, 15) is 14.7 Å². The van der Waals surface area contributed by atoms with Crippen LogP contribution in [0.25, 0.3) is 0 Å². The quantitative estimate of drug-likeness (QED) is 0.838. The number of nitrogens with zero attached hydrogens (tertiary/aromatic N) is 1. The molecule has 21 heavy (non-hydrogen) atoms. The molecule has 2 rings (SSSR count). The average Bonchev–Trinajstić information content (AvgIpc) is 2.86. The van der Waals surface area contributed by atoms with Gasteiger partial charge in [0.1, 0.15) is 6.04 Å². The third-order valence-electron chi connectivity index (χ3n) is 5.16. The number of amides is 2. The lowest BCUT2D eigenvalue weighted by Gasteiger charge is -2.33. The minimum atomic E-state index is -0.893. The zero-order valence-corrected chi connectivity index (χ0v) is 13.2. The van der Waals surface area contributed by atoms with Crippen LogP contribution in [0.2, 0.25) is 0 Å². The maximum atomic E-state index is 12.5. The van der Waals surface area contributed by atoms with E-state index in [1.54, 1.807) is 0 Å². The van der Waals surface area contributed by atoms with E-state index >= 15 is 0 Å². The minimum absolute atomic E-state index is 0.0817. The molecule has 0 aromatic rings.